The summed E-state index contributed by atoms with van der Waals surface area (Å²) in [5.41, 5.74) is 13.7. The van der Waals surface area contributed by atoms with E-state index in [4.69, 9.17) is 11.5 Å². The summed E-state index contributed by atoms with van der Waals surface area (Å²) < 4.78 is 0. The smallest absolute Gasteiger partial charge is 0.108 e. The molecule has 0 amide bonds. The predicted molar refractivity (Wildman–Crippen MR) is 89.4 cm³/mol. The van der Waals surface area contributed by atoms with Gasteiger partial charge in [0.1, 0.15) is 5.69 Å². The summed E-state index contributed by atoms with van der Waals surface area (Å²) in [5, 5.41) is 5.98. The Kier molecular flexibility index (Phi) is 4.27. The molecule has 1 aliphatic heterocycles. The van der Waals surface area contributed by atoms with E-state index in [1.54, 1.807) is 12.1 Å². The van der Waals surface area contributed by atoms with E-state index in [2.05, 4.69) is 15.3 Å². The maximum absolute atomic E-state index is 10.8. The number of fused-ring (bicyclic) bond motifs is 1. The summed E-state index contributed by atoms with van der Waals surface area (Å²) >= 11 is 0. The highest BCUT2D eigenvalue weighted by molar-refractivity contribution is 5.39. The van der Waals surface area contributed by atoms with Crippen molar-refractivity contribution in [2.45, 2.75) is 36.3 Å². The number of nitrogens with two attached hydrogens (primary N) is 2. The molecule has 0 spiro atoms. The van der Waals surface area contributed by atoms with Gasteiger partial charge in [0.05, 0.1) is 6.54 Å². The molecule has 2 aliphatic rings. The van der Waals surface area contributed by atoms with Gasteiger partial charge in [-0.3, -0.25) is 4.90 Å². The second-order valence-corrected chi connectivity index (χ2v) is 7.03. The molecular weight excluding hydrogens is 294 g/mol. The quantitative estimate of drug-likeness (QED) is 0.777. The first-order valence-corrected chi connectivity index (χ1v) is 8.02. The Morgan fingerprint density at radius 2 is 1.70 bits per heavy atom. The molecule has 4 N–H and O–H groups in total. The van der Waals surface area contributed by atoms with Gasteiger partial charge in [-0.2, -0.15) is 4.91 Å². The number of likely N-dealkylation sites (tertiary alicyclic amines) is 1. The zero-order valence-electron chi connectivity index (χ0n) is 13.1. The Morgan fingerprint density at radius 1 is 1.09 bits per heavy atom. The Balaban J connectivity index is 1.73. The minimum atomic E-state index is -0.322. The third kappa shape index (κ3) is 2.91. The maximum Gasteiger partial charge on any atom is 0.108 e. The van der Waals surface area contributed by atoms with Crippen LogP contribution < -0.4 is 11.5 Å². The Labute approximate surface area is 135 Å². The van der Waals surface area contributed by atoms with Crippen molar-refractivity contribution < 1.29 is 0 Å². The van der Waals surface area contributed by atoms with Crippen LogP contribution >= 0.6 is 0 Å². The normalized spacial score (nSPS) is 31.7. The fraction of sp³-hybridized carbons (Fsp3) is 0.625. The minimum Gasteiger partial charge on any atom is -0.322 e. The average Bonchev–Trinajstić information content (AvgIpc) is 2.94. The molecule has 2 fully saturated rings. The molecule has 0 bridgehead atoms. The topological polar surface area (TPSA) is 114 Å². The summed E-state index contributed by atoms with van der Waals surface area (Å²) in [6, 6.07) is 6.99. The maximum atomic E-state index is 10.8. The van der Waals surface area contributed by atoms with Gasteiger partial charge < -0.3 is 11.5 Å². The van der Waals surface area contributed by atoms with Crippen LogP contribution in [-0.2, 0) is 0 Å². The molecule has 1 aromatic rings. The van der Waals surface area contributed by atoms with Gasteiger partial charge in [-0.15, -0.1) is 4.91 Å². The molecule has 1 aromatic carbocycles. The third-order valence-electron chi connectivity index (χ3n) is 5.49. The van der Waals surface area contributed by atoms with E-state index in [1.165, 1.54) is 0 Å². The van der Waals surface area contributed by atoms with E-state index in [1.807, 2.05) is 12.1 Å². The van der Waals surface area contributed by atoms with Crippen LogP contribution in [0, 0.1) is 9.81 Å². The lowest BCUT2D eigenvalue weighted by Gasteiger charge is -2.32. The van der Waals surface area contributed by atoms with Gasteiger partial charge in [0.15, 0.2) is 0 Å². The molecule has 1 unspecified atom stereocenters. The first-order chi connectivity index (χ1) is 11.0. The highest BCUT2D eigenvalue weighted by atomic mass is 16.3. The van der Waals surface area contributed by atoms with Gasteiger partial charge in [-0.05, 0) is 42.1 Å². The average molecular weight is 317 g/mol. The van der Waals surface area contributed by atoms with E-state index in [9.17, 15) is 9.81 Å². The van der Waals surface area contributed by atoms with Crippen LogP contribution in [0.2, 0.25) is 0 Å². The SMILES string of the molecule is N[C@@]12CCC[C@]1(N)CN(CC(CN=O)c1ccc(N=O)cc1)C2. The minimum absolute atomic E-state index is 0.0285. The zero-order valence-corrected chi connectivity index (χ0v) is 13.1. The summed E-state index contributed by atoms with van der Waals surface area (Å²) in [6.45, 7) is 2.40. The van der Waals surface area contributed by atoms with Gasteiger partial charge in [0.2, 0.25) is 0 Å². The van der Waals surface area contributed by atoms with Crippen LogP contribution in [0.25, 0.3) is 0 Å². The summed E-state index contributed by atoms with van der Waals surface area (Å²) in [5.74, 6) is -0.0285. The lowest BCUT2D eigenvalue weighted by molar-refractivity contribution is 0.283. The Morgan fingerprint density at radius 3 is 2.22 bits per heavy atom. The van der Waals surface area contributed by atoms with Crippen LogP contribution in [0.15, 0.2) is 34.6 Å². The largest absolute Gasteiger partial charge is 0.322 e. The van der Waals surface area contributed by atoms with Crippen molar-refractivity contribution in [2.75, 3.05) is 26.2 Å². The van der Waals surface area contributed by atoms with Crippen LogP contribution in [0.1, 0.15) is 30.7 Å². The second-order valence-electron chi connectivity index (χ2n) is 7.03. The van der Waals surface area contributed by atoms with Gasteiger partial charge in [-0.25, -0.2) is 0 Å². The number of rotatable bonds is 6. The monoisotopic (exact) mass is 317 g/mol. The van der Waals surface area contributed by atoms with Crippen molar-refractivity contribution in [1.29, 1.82) is 0 Å². The summed E-state index contributed by atoms with van der Waals surface area (Å²) in [6.07, 6.45) is 2.99. The fourth-order valence-electron chi connectivity index (χ4n) is 4.15. The number of hydrogen-bond donors (Lipinski definition) is 2. The van der Waals surface area contributed by atoms with Crippen LogP contribution in [-0.4, -0.2) is 42.2 Å². The molecule has 3 atom stereocenters. The molecule has 3 rings (SSSR count). The van der Waals surface area contributed by atoms with Gasteiger partial charge in [0, 0.05) is 36.6 Å². The number of benzene rings is 1. The molecule has 1 aliphatic carbocycles. The molecule has 23 heavy (non-hydrogen) atoms. The summed E-state index contributed by atoms with van der Waals surface area (Å²) in [4.78, 5) is 23.6. The van der Waals surface area contributed by atoms with Gasteiger partial charge in [-0.1, -0.05) is 17.3 Å². The molecule has 1 saturated carbocycles. The molecule has 0 radical (unpaired) electrons. The van der Waals surface area contributed by atoms with Crippen molar-refractivity contribution in [3.8, 4) is 0 Å². The molecule has 124 valence electrons. The van der Waals surface area contributed by atoms with Crippen LogP contribution in [0.5, 0.6) is 0 Å². The van der Waals surface area contributed by atoms with Crippen molar-refractivity contribution in [3.05, 3.63) is 39.6 Å². The lowest BCUT2D eigenvalue weighted by atomic mass is 9.85. The molecular formula is C16H23N5O2. The summed E-state index contributed by atoms with van der Waals surface area (Å²) in [7, 11) is 0. The van der Waals surface area contributed by atoms with Crippen molar-refractivity contribution in [3.63, 3.8) is 0 Å². The first kappa shape index (κ1) is 16.2. The van der Waals surface area contributed by atoms with E-state index in [0.717, 1.165) is 37.9 Å². The van der Waals surface area contributed by atoms with Gasteiger partial charge >= 0.3 is 0 Å². The number of nitroso groups, excluding NO2 is 2. The van der Waals surface area contributed by atoms with Crippen LogP contribution in [0.3, 0.4) is 0 Å². The zero-order chi connectivity index (χ0) is 16.5. The standard InChI is InChI=1S/C16H23N5O2/c17-15-6-1-7-16(15,18)11-21(10-15)9-13(8-19-22)12-2-4-14(20-23)5-3-12/h2-5,13H,1,6-11,17-18H2/t13?,15-,16+. The van der Waals surface area contributed by atoms with E-state index < -0.39 is 0 Å². The van der Waals surface area contributed by atoms with Crippen molar-refractivity contribution >= 4 is 5.69 Å². The highest BCUT2D eigenvalue weighted by Crippen LogP contribution is 2.42. The van der Waals surface area contributed by atoms with Crippen molar-refractivity contribution in [1.82, 2.24) is 4.90 Å². The Bertz CT molecular complexity index is 575. The molecule has 7 heteroatoms. The predicted octanol–water partition coefficient (Wildman–Crippen LogP) is 1.83. The van der Waals surface area contributed by atoms with E-state index in [-0.39, 0.29) is 23.5 Å². The first-order valence-electron chi connectivity index (χ1n) is 8.02. The Hall–Kier alpha value is -1.70. The molecule has 1 saturated heterocycles. The fourth-order valence-corrected chi connectivity index (χ4v) is 4.15. The van der Waals surface area contributed by atoms with Crippen molar-refractivity contribution in [2.24, 2.45) is 21.8 Å². The molecule has 7 nitrogen and oxygen atoms in total. The lowest BCUT2D eigenvalue weighted by Crippen LogP contribution is -2.61. The van der Waals surface area contributed by atoms with E-state index in [0.29, 0.717) is 12.2 Å². The number of hydrogen-bond acceptors (Lipinski definition) is 7. The highest BCUT2D eigenvalue weighted by Gasteiger charge is 2.56. The van der Waals surface area contributed by atoms with E-state index >= 15 is 0 Å². The van der Waals surface area contributed by atoms with Crippen LogP contribution in [0.4, 0.5) is 5.69 Å². The number of nitrogens with zero attached hydrogens (tertiary/aromatic N) is 3. The molecule has 1 heterocycles. The molecule has 0 aromatic heterocycles. The second kappa shape index (κ2) is 6.07. The van der Waals surface area contributed by atoms with Gasteiger partial charge in [0.25, 0.3) is 0 Å². The third-order valence-corrected chi connectivity index (χ3v) is 5.49.